The first-order chi connectivity index (χ1) is 21.0. The highest BCUT2D eigenvalue weighted by Gasteiger charge is 2.21. The SMILES string of the molecule is CC/C=C\C=C(/C(C)C)n1c2cccc(C/C=C\Cc3cccc4ccccc34)c2c2c(/C=C\CC)c(C(C)C)ccc21. The van der Waals surface area contributed by atoms with E-state index < -0.39 is 0 Å². The molecule has 0 unspecified atom stereocenters. The molecular weight excluding hydrogens is 518 g/mol. The third kappa shape index (κ3) is 6.32. The predicted molar refractivity (Wildman–Crippen MR) is 192 cm³/mol. The number of hydrogen-bond acceptors (Lipinski definition) is 0. The van der Waals surface area contributed by atoms with Crippen LogP contribution in [-0.4, -0.2) is 4.57 Å². The van der Waals surface area contributed by atoms with Crippen LogP contribution in [-0.2, 0) is 12.8 Å². The number of hydrogen-bond donors (Lipinski definition) is 0. The summed E-state index contributed by atoms with van der Waals surface area (Å²) in [6, 6.07) is 27.0. The molecule has 0 atom stereocenters. The quantitative estimate of drug-likeness (QED) is 0.111. The van der Waals surface area contributed by atoms with Crippen LogP contribution in [0.15, 0.2) is 109 Å². The molecule has 0 aliphatic carbocycles. The smallest absolute Gasteiger partial charge is 0.0544 e. The highest BCUT2D eigenvalue weighted by Crippen LogP contribution is 2.41. The van der Waals surface area contributed by atoms with Gasteiger partial charge in [0.25, 0.3) is 0 Å². The molecule has 5 aromatic rings. The first-order valence-electron chi connectivity index (χ1n) is 16.2. The van der Waals surface area contributed by atoms with E-state index in [0.29, 0.717) is 11.8 Å². The van der Waals surface area contributed by atoms with Gasteiger partial charge in [-0.3, -0.25) is 0 Å². The summed E-state index contributed by atoms with van der Waals surface area (Å²) < 4.78 is 2.53. The molecule has 0 aliphatic heterocycles. The molecule has 0 radical (unpaired) electrons. The summed E-state index contributed by atoms with van der Waals surface area (Å²) in [5, 5.41) is 5.42. The lowest BCUT2D eigenvalue weighted by Gasteiger charge is -2.17. The standard InChI is InChI=1S/C42H47N/c1-7-9-11-26-38(31(5)6)43-39-27-17-23-34(20-13-12-18-32-21-16-22-33-19-14-15-25-36(32)33)41(39)42-37(24-10-8-2)35(30(3)4)28-29-40(42)43/h9-17,19,21-31H,7-8,18,20H2,1-6H3/b11-9-,13-12-,24-10-,38-26+. The number of allylic oxidation sites excluding steroid dienone is 7. The fourth-order valence-corrected chi connectivity index (χ4v) is 6.35. The van der Waals surface area contributed by atoms with Gasteiger partial charge in [0, 0.05) is 16.5 Å². The van der Waals surface area contributed by atoms with Crippen molar-refractivity contribution in [3.8, 4) is 0 Å². The molecule has 220 valence electrons. The number of rotatable bonds is 11. The lowest BCUT2D eigenvalue weighted by molar-refractivity contribution is 0.808. The summed E-state index contributed by atoms with van der Waals surface area (Å²) in [5.74, 6) is 0.823. The molecule has 0 N–H and O–H groups in total. The molecule has 43 heavy (non-hydrogen) atoms. The van der Waals surface area contributed by atoms with E-state index >= 15 is 0 Å². The molecule has 1 nitrogen and oxygen atoms in total. The average Bonchev–Trinajstić information content (AvgIpc) is 3.35. The normalized spacial score (nSPS) is 13.1. The molecule has 0 saturated heterocycles. The van der Waals surface area contributed by atoms with Crippen LogP contribution in [0.2, 0.25) is 0 Å². The molecule has 1 heterocycles. The fraction of sp³-hybridized carbons (Fsp3) is 0.286. The first-order valence-corrected chi connectivity index (χ1v) is 16.2. The fourth-order valence-electron chi connectivity index (χ4n) is 6.35. The van der Waals surface area contributed by atoms with Crippen molar-refractivity contribution in [1.82, 2.24) is 4.57 Å². The van der Waals surface area contributed by atoms with Crippen LogP contribution in [0, 0.1) is 5.92 Å². The number of fused-ring (bicyclic) bond motifs is 4. The van der Waals surface area contributed by atoms with Crippen molar-refractivity contribution in [2.75, 3.05) is 0 Å². The maximum Gasteiger partial charge on any atom is 0.0544 e. The predicted octanol–water partition coefficient (Wildman–Crippen LogP) is 12.3. The summed E-state index contributed by atoms with van der Waals surface area (Å²) in [5.41, 5.74) is 9.48. The van der Waals surface area contributed by atoms with Gasteiger partial charge < -0.3 is 4.57 Å². The topological polar surface area (TPSA) is 4.93 Å². The second kappa shape index (κ2) is 13.9. The van der Waals surface area contributed by atoms with E-state index in [-0.39, 0.29) is 0 Å². The third-order valence-corrected chi connectivity index (χ3v) is 8.47. The number of aromatic nitrogens is 1. The van der Waals surface area contributed by atoms with E-state index in [2.05, 4.69) is 161 Å². The molecule has 0 fully saturated rings. The lowest BCUT2D eigenvalue weighted by atomic mass is 9.91. The highest BCUT2D eigenvalue weighted by atomic mass is 15.0. The van der Waals surface area contributed by atoms with Gasteiger partial charge in [0.15, 0.2) is 0 Å². The van der Waals surface area contributed by atoms with Crippen molar-refractivity contribution in [2.24, 2.45) is 5.92 Å². The van der Waals surface area contributed by atoms with Crippen molar-refractivity contribution in [1.29, 1.82) is 0 Å². The number of nitrogens with zero attached hydrogens (tertiary/aromatic N) is 1. The van der Waals surface area contributed by atoms with Crippen LogP contribution in [0.25, 0.3) is 44.4 Å². The van der Waals surface area contributed by atoms with Gasteiger partial charge in [-0.05, 0) is 88.8 Å². The second-order valence-electron chi connectivity index (χ2n) is 12.2. The van der Waals surface area contributed by atoms with E-state index in [1.54, 1.807) is 0 Å². The monoisotopic (exact) mass is 565 g/mol. The Morgan fingerprint density at radius 3 is 2.09 bits per heavy atom. The minimum absolute atomic E-state index is 0.379. The second-order valence-corrected chi connectivity index (χ2v) is 12.2. The Balaban J connectivity index is 1.69. The maximum absolute atomic E-state index is 2.53. The Morgan fingerprint density at radius 2 is 1.35 bits per heavy atom. The zero-order chi connectivity index (χ0) is 30.3. The van der Waals surface area contributed by atoms with E-state index in [9.17, 15) is 0 Å². The minimum Gasteiger partial charge on any atom is -0.313 e. The van der Waals surface area contributed by atoms with Gasteiger partial charge in [-0.25, -0.2) is 0 Å². The Morgan fingerprint density at radius 1 is 0.674 bits per heavy atom. The van der Waals surface area contributed by atoms with Crippen molar-refractivity contribution in [2.45, 2.75) is 73.1 Å². The number of benzene rings is 4. The maximum atomic E-state index is 2.53. The van der Waals surface area contributed by atoms with Crippen LogP contribution in [0.1, 0.15) is 82.6 Å². The van der Waals surface area contributed by atoms with Crippen molar-refractivity contribution in [3.05, 3.63) is 132 Å². The molecule has 0 spiro atoms. The lowest BCUT2D eigenvalue weighted by Crippen LogP contribution is -2.04. The van der Waals surface area contributed by atoms with Gasteiger partial charge in [-0.2, -0.15) is 0 Å². The Bertz CT molecular complexity index is 1830. The summed E-state index contributed by atoms with van der Waals surface area (Å²) in [4.78, 5) is 0. The van der Waals surface area contributed by atoms with Crippen LogP contribution in [0.3, 0.4) is 0 Å². The van der Waals surface area contributed by atoms with Gasteiger partial charge in [-0.15, -0.1) is 0 Å². The van der Waals surface area contributed by atoms with E-state index in [1.807, 2.05) is 0 Å². The zero-order valence-corrected chi connectivity index (χ0v) is 26.9. The van der Waals surface area contributed by atoms with E-state index in [4.69, 9.17) is 0 Å². The molecule has 4 aromatic carbocycles. The first kappa shape index (κ1) is 30.4. The highest BCUT2D eigenvalue weighted by molar-refractivity contribution is 6.15. The summed E-state index contributed by atoms with van der Waals surface area (Å²) in [6.45, 7) is 13.7. The van der Waals surface area contributed by atoms with Crippen LogP contribution in [0.4, 0.5) is 0 Å². The van der Waals surface area contributed by atoms with Crippen LogP contribution in [0.5, 0.6) is 0 Å². The summed E-state index contributed by atoms with van der Waals surface area (Å²) in [7, 11) is 0. The van der Waals surface area contributed by atoms with Crippen molar-refractivity contribution < 1.29 is 0 Å². The summed E-state index contributed by atoms with van der Waals surface area (Å²) in [6.07, 6.45) is 20.1. The average molecular weight is 566 g/mol. The van der Waals surface area contributed by atoms with Gasteiger partial charge >= 0.3 is 0 Å². The zero-order valence-electron chi connectivity index (χ0n) is 26.9. The molecule has 0 bridgehead atoms. The Hall–Kier alpha value is -4.10. The van der Waals surface area contributed by atoms with Gasteiger partial charge in [0.1, 0.15) is 0 Å². The minimum atomic E-state index is 0.379. The van der Waals surface area contributed by atoms with Crippen LogP contribution >= 0.6 is 0 Å². The van der Waals surface area contributed by atoms with Gasteiger partial charge in [0.2, 0.25) is 0 Å². The van der Waals surface area contributed by atoms with Crippen molar-refractivity contribution >= 4 is 44.4 Å². The largest absolute Gasteiger partial charge is 0.313 e. The van der Waals surface area contributed by atoms with E-state index in [0.717, 1.165) is 25.7 Å². The molecule has 0 amide bonds. The van der Waals surface area contributed by atoms with Gasteiger partial charge in [0.05, 0.1) is 11.0 Å². The van der Waals surface area contributed by atoms with Crippen LogP contribution < -0.4 is 0 Å². The molecule has 0 saturated carbocycles. The third-order valence-electron chi connectivity index (χ3n) is 8.47. The van der Waals surface area contributed by atoms with E-state index in [1.165, 1.54) is 60.5 Å². The summed E-state index contributed by atoms with van der Waals surface area (Å²) >= 11 is 0. The molecular formula is C42H47N. The van der Waals surface area contributed by atoms with Crippen molar-refractivity contribution in [3.63, 3.8) is 0 Å². The Kier molecular flexibility index (Phi) is 9.82. The molecule has 5 rings (SSSR count). The molecule has 0 aliphatic rings. The molecule has 1 heteroatoms. The molecule has 1 aromatic heterocycles. The Labute approximate surface area is 258 Å². The van der Waals surface area contributed by atoms with Gasteiger partial charge in [-0.1, -0.05) is 139 Å².